The van der Waals surface area contributed by atoms with E-state index in [9.17, 15) is 102 Å². The van der Waals surface area contributed by atoms with Gasteiger partial charge in [-0.15, -0.1) is 0 Å². The van der Waals surface area contributed by atoms with Crippen LogP contribution in [0.4, 0.5) is 0 Å². The topological polar surface area (TPSA) is 790 Å². The van der Waals surface area contributed by atoms with Crippen molar-refractivity contribution in [2.75, 3.05) is 18.1 Å². The molecule has 48 nitrogen and oxygen atoms in total. The second-order valence-corrected chi connectivity index (χ2v) is 36.5. The largest absolute Gasteiger partial charge is 0.481 e. The number of amides is 18. The highest BCUT2D eigenvalue weighted by Crippen LogP contribution is 2.24. The quantitative estimate of drug-likeness (QED) is 0.0127. The van der Waals surface area contributed by atoms with Crippen molar-refractivity contribution < 1.29 is 116 Å². The first-order valence-corrected chi connectivity index (χ1v) is 47.9. The van der Waals surface area contributed by atoms with Gasteiger partial charge in [0.05, 0.1) is 38.1 Å². The minimum Gasteiger partial charge on any atom is -0.481 e. The normalized spacial score (nSPS) is 14.6. The lowest BCUT2D eigenvalue weighted by atomic mass is 9.99. The third-order valence-corrected chi connectivity index (χ3v) is 23.8. The van der Waals surface area contributed by atoms with Gasteiger partial charge in [0.25, 0.3) is 0 Å². The number of para-hydroxylation sites is 2. The minimum absolute atomic E-state index is 0.0599. The van der Waals surface area contributed by atoms with Gasteiger partial charge in [-0.1, -0.05) is 139 Å². The summed E-state index contributed by atoms with van der Waals surface area (Å²) in [6, 6.07) is 2.83. The number of carbonyl (C=O) groups is 21. The molecule has 16 atom stereocenters. The van der Waals surface area contributed by atoms with Gasteiger partial charge in [0, 0.05) is 96.1 Å². The summed E-state index contributed by atoms with van der Waals surface area (Å²) in [5, 5.41) is 67.8. The van der Waals surface area contributed by atoms with Gasteiger partial charge in [-0.05, 0) is 90.8 Å². The molecular formula is C95H128N24O24S2. The summed E-state index contributed by atoms with van der Waals surface area (Å²) in [5.41, 5.74) is 32.2. The number of hydrogen-bond acceptors (Lipinski definition) is 26. The molecule has 0 fully saturated rings. The Kier molecular flexibility index (Phi) is 46.4. The van der Waals surface area contributed by atoms with Gasteiger partial charge in [-0.3, -0.25) is 95.9 Å². The van der Waals surface area contributed by atoms with Crippen molar-refractivity contribution >= 4 is 171 Å². The number of carbonyl (C=O) groups excluding carboxylic acids is 18. The predicted molar refractivity (Wildman–Crippen MR) is 531 cm³/mol. The smallest absolute Gasteiger partial charge is 0.326 e. The fourth-order valence-electron chi connectivity index (χ4n) is 15.4. The summed E-state index contributed by atoms with van der Waals surface area (Å²) in [6.07, 6.45) is -0.944. The van der Waals surface area contributed by atoms with Crippen LogP contribution in [0, 0.1) is 17.8 Å². The number of aliphatic carboxylic acids is 3. The van der Waals surface area contributed by atoms with Gasteiger partial charge in [0.1, 0.15) is 90.6 Å². The molecule has 7 rings (SSSR count). The molecular weight excluding hydrogens is 1930 g/mol. The molecule has 0 saturated heterocycles. The van der Waals surface area contributed by atoms with E-state index in [4.69, 9.17) is 28.7 Å². The summed E-state index contributed by atoms with van der Waals surface area (Å²) >= 11 is 8.57. The van der Waals surface area contributed by atoms with Crippen LogP contribution in [0.3, 0.4) is 0 Å². The molecule has 3 heterocycles. The van der Waals surface area contributed by atoms with Gasteiger partial charge in [0.2, 0.25) is 106 Å². The molecule has 50 heteroatoms. The number of aromatic amines is 3. The number of rotatable bonds is 62. The lowest BCUT2D eigenvalue weighted by Crippen LogP contribution is -2.62. The number of nitrogens with zero attached hydrogens (tertiary/aromatic N) is 1. The van der Waals surface area contributed by atoms with E-state index in [1.165, 1.54) is 32.6 Å². The van der Waals surface area contributed by atoms with E-state index in [1.807, 2.05) is 0 Å². The number of unbranched alkanes of at least 4 members (excludes halogenated alkanes) is 1. The van der Waals surface area contributed by atoms with E-state index >= 15 is 14.4 Å². The Balaban J connectivity index is 1.10. The second kappa shape index (κ2) is 57.7. The van der Waals surface area contributed by atoms with Crippen LogP contribution >= 0.6 is 25.3 Å². The Bertz CT molecular complexity index is 5710. The van der Waals surface area contributed by atoms with E-state index in [-0.39, 0.29) is 57.9 Å². The van der Waals surface area contributed by atoms with Crippen LogP contribution in [-0.4, -0.2) is 274 Å². The van der Waals surface area contributed by atoms with Crippen LogP contribution in [-0.2, 0) is 133 Å². The number of fused-ring (bicyclic) bond motifs is 2. The number of aromatic nitrogens is 4. The van der Waals surface area contributed by atoms with Crippen LogP contribution in [0.15, 0.2) is 134 Å². The molecule has 0 aliphatic carbocycles. The van der Waals surface area contributed by atoms with Crippen LogP contribution < -0.4 is 108 Å². The Morgan fingerprint density at radius 1 is 0.345 bits per heavy atom. The third-order valence-electron chi connectivity index (χ3n) is 23.1. The van der Waals surface area contributed by atoms with Crippen LogP contribution in [0.5, 0.6) is 0 Å². The van der Waals surface area contributed by atoms with E-state index in [1.54, 1.807) is 143 Å². The number of nitrogens with two attached hydrogens (primary N) is 5. The first kappa shape index (κ1) is 117. The number of carboxylic acids is 3. The van der Waals surface area contributed by atoms with E-state index in [0.29, 0.717) is 49.8 Å². The first-order chi connectivity index (χ1) is 68.8. The fourth-order valence-corrected chi connectivity index (χ4v) is 15.9. The molecule has 0 saturated carbocycles. The Morgan fingerprint density at radius 3 is 1.08 bits per heavy atom. The molecule has 0 spiro atoms. The molecule has 18 amide bonds. The highest BCUT2D eigenvalue weighted by molar-refractivity contribution is 7.80. The lowest BCUT2D eigenvalue weighted by Gasteiger charge is -2.29. The number of carboxylic acid groups (broad SMARTS) is 3. The molecule has 0 unspecified atom stereocenters. The number of thiol groups is 2. The van der Waals surface area contributed by atoms with Crippen molar-refractivity contribution in [3.8, 4) is 0 Å². The summed E-state index contributed by atoms with van der Waals surface area (Å²) < 4.78 is 0. The maximum absolute atomic E-state index is 15.3. The maximum Gasteiger partial charge on any atom is 0.326 e. The second-order valence-electron chi connectivity index (χ2n) is 35.8. The molecule has 4 aromatic carbocycles. The van der Waals surface area contributed by atoms with Crippen molar-refractivity contribution in [2.24, 2.45) is 46.4 Å². The number of benzene rings is 4. The van der Waals surface area contributed by atoms with Gasteiger partial charge in [0.15, 0.2) is 0 Å². The van der Waals surface area contributed by atoms with E-state index < -0.39 is 295 Å². The van der Waals surface area contributed by atoms with Gasteiger partial charge >= 0.3 is 17.9 Å². The summed E-state index contributed by atoms with van der Waals surface area (Å²) in [7, 11) is 0. The number of primary amides is 3. The molecule has 0 bridgehead atoms. The van der Waals surface area contributed by atoms with Gasteiger partial charge in [-0.2, -0.15) is 25.3 Å². The standard InChI is InChI=1S/C95H128N24O24S2/c1-47(2)31-62(108-88(135)68(39-75(100)122)113-92(139)72(45-145)117-94(141)79(49(5)6)118-89(136)66(107-80(127)57(97)37-76(123)124)35-53-42-103-59-26-16-14-24-56(53)59)83(130)109-63(32-50-19-9-7-10-20-50)84(131)105-60(27-17-18-30-96)81(128)112-67(38-74(99)121)87(134)106-61(28-29-73(98)120)82(129)111-65(34-52-41-102-58-25-15-13-23-55(52)58)86(133)110-64(33-51-21-11-8-12-22-51)85(132)116-71(44-144)91(138)114-69(40-77(125)126)90(137)119-78(48(3)4)93(140)115-70(95(142)143)36-54-43-101-46-104-54/h7-16,19-26,41-43,46-49,57,60-72,78-79,102-103,144-145H,17-18,27-40,44-45,96-97H2,1-6H3,(H2,98,120)(H2,99,121)(H2,100,122)(H,101,104)(H,105,131)(H,106,134)(H,107,127)(H,108,135)(H,109,130)(H,110,133)(H,111,129)(H,112,128)(H,113,139)(H,114,138)(H,115,140)(H,116,132)(H,117,141)(H,118,136)(H,119,137)(H,123,124)(H,125,126)(H,142,143)/t57-,60-,61-,62-,63-,64-,65-,66-,67-,68-,69-,70-,71-,72-,78-,79-/m0/s1. The average Bonchev–Trinajstić information content (AvgIpc) is 1.70. The summed E-state index contributed by atoms with van der Waals surface area (Å²) in [5.74, 6) is -27.3. The van der Waals surface area contributed by atoms with Crippen molar-refractivity contribution in [2.45, 2.75) is 235 Å². The number of hydrogen-bond donors (Lipinski definition) is 28. The number of H-pyrrole nitrogens is 3. The van der Waals surface area contributed by atoms with E-state index in [0.717, 1.165) is 0 Å². The Morgan fingerprint density at radius 2 is 0.683 bits per heavy atom. The average molecular weight is 2050 g/mol. The molecule has 145 heavy (non-hydrogen) atoms. The van der Waals surface area contributed by atoms with Crippen molar-refractivity contribution in [1.29, 1.82) is 0 Å². The molecule has 0 aliphatic heterocycles. The van der Waals surface area contributed by atoms with E-state index in [2.05, 4.69) is 125 Å². The zero-order chi connectivity index (χ0) is 107. The molecule has 0 aliphatic rings. The highest BCUT2D eigenvalue weighted by Gasteiger charge is 2.42. The van der Waals surface area contributed by atoms with Crippen LogP contribution in [0.1, 0.15) is 134 Å². The Hall–Kier alpha value is -15.3. The zero-order valence-corrected chi connectivity index (χ0v) is 82.3. The van der Waals surface area contributed by atoms with Gasteiger partial charge in [-0.25, -0.2) is 9.78 Å². The predicted octanol–water partition coefficient (Wildman–Crippen LogP) is -4.12. The molecule has 31 N–H and O–H groups in total. The van der Waals surface area contributed by atoms with Crippen molar-refractivity contribution in [3.63, 3.8) is 0 Å². The lowest BCUT2D eigenvalue weighted by molar-refractivity contribution is -0.143. The molecule has 3 aromatic heterocycles. The molecule has 0 radical (unpaired) electrons. The maximum atomic E-state index is 15.3. The van der Waals surface area contributed by atoms with Crippen molar-refractivity contribution in [1.82, 2.24) is 99.7 Å². The zero-order valence-electron chi connectivity index (χ0n) is 80.5. The fraction of sp³-hybridized carbons (Fsp3) is 0.453. The molecule has 784 valence electrons. The highest BCUT2D eigenvalue weighted by atomic mass is 32.1. The minimum atomic E-state index is -2.03. The van der Waals surface area contributed by atoms with Crippen molar-refractivity contribution in [3.05, 3.63) is 162 Å². The SMILES string of the molecule is CC(C)C[C@H](NC(=O)[C@H](CC(N)=O)NC(=O)[C@H](CS)NC(=O)[C@@H](NC(=O)[C@H](Cc1c[nH]c2ccccc12)NC(=O)[C@@H](N)CC(=O)O)C(C)C)C(=O)N[C@@H](Cc1ccccc1)C(=O)N[C@@H](CCCCN)C(=O)N[C@@H](CC(N)=O)C(=O)N[C@@H](CCC(N)=O)C(=O)N[C@@H](Cc1c[nH]c2ccccc12)C(=O)N[C@@H](Cc1ccccc1)C(=O)N[C@@H](CS)C(=O)N[C@@H](CC(=O)O)C(=O)N[C@H](C(=O)N[C@@H](Cc1cnc[nH]1)C(=O)O)C(C)C. The number of imidazole rings is 1. The summed E-state index contributed by atoms with van der Waals surface area (Å²) in [4.78, 5) is 305. The third kappa shape index (κ3) is 37.8. The molecule has 7 aromatic rings. The summed E-state index contributed by atoms with van der Waals surface area (Å²) in [6.45, 7) is 9.49. The van der Waals surface area contributed by atoms with Gasteiger partial charge < -0.3 is 139 Å². The Labute approximate surface area is 843 Å². The van der Waals surface area contributed by atoms with Crippen LogP contribution in [0.2, 0.25) is 0 Å². The number of nitrogens with one attached hydrogen (secondary N) is 18. The monoisotopic (exact) mass is 2050 g/mol. The first-order valence-electron chi connectivity index (χ1n) is 46.7. The van der Waals surface area contributed by atoms with Crippen LogP contribution in [0.25, 0.3) is 21.8 Å².